The van der Waals surface area contributed by atoms with Crippen molar-refractivity contribution in [3.63, 3.8) is 0 Å². The number of halogens is 1. The number of carbonyl (C=O) groups is 2. The van der Waals surface area contributed by atoms with Crippen molar-refractivity contribution in [1.29, 1.82) is 0 Å². The highest BCUT2D eigenvalue weighted by Gasteiger charge is 2.03. The predicted molar refractivity (Wildman–Crippen MR) is 81.9 cm³/mol. The van der Waals surface area contributed by atoms with E-state index in [1.807, 2.05) is 24.3 Å². The van der Waals surface area contributed by atoms with E-state index in [1.165, 1.54) is 18.9 Å². The maximum atomic E-state index is 11.5. The Balaban J connectivity index is 2.10. The lowest BCUT2D eigenvalue weighted by atomic mass is 10.2. The summed E-state index contributed by atoms with van der Waals surface area (Å²) in [4.78, 5) is 22.4. The zero-order chi connectivity index (χ0) is 14.8. The minimum atomic E-state index is -0.255. The molecule has 0 saturated carbocycles. The first-order valence-corrected chi connectivity index (χ1v) is 7.81. The smallest absolute Gasteiger partial charge is 0.305 e. The van der Waals surface area contributed by atoms with Crippen molar-refractivity contribution in [3.8, 4) is 0 Å². The van der Waals surface area contributed by atoms with Gasteiger partial charge in [0.2, 0.25) is 5.91 Å². The van der Waals surface area contributed by atoms with Gasteiger partial charge in [-0.15, -0.1) is 11.8 Å². The summed E-state index contributed by atoms with van der Waals surface area (Å²) in [7, 11) is 1.35. The molecule has 1 N–H and O–H groups in total. The molecule has 1 aromatic rings. The fourth-order valence-electron chi connectivity index (χ4n) is 1.50. The quantitative estimate of drug-likeness (QED) is 0.592. The molecule has 0 aliphatic heterocycles. The Hall–Kier alpha value is -1.20. The summed E-state index contributed by atoms with van der Waals surface area (Å²) in [6.07, 6.45) is 0.920. The van der Waals surface area contributed by atoms with E-state index in [9.17, 15) is 9.59 Å². The van der Waals surface area contributed by atoms with Crippen molar-refractivity contribution < 1.29 is 14.3 Å². The number of esters is 1. The molecule has 0 unspecified atom stereocenters. The number of carbonyl (C=O) groups excluding carboxylic acids is 2. The van der Waals surface area contributed by atoms with Gasteiger partial charge in [-0.25, -0.2) is 0 Å². The molecule has 0 aliphatic carbocycles. The number of thioether (sulfide) groups is 1. The zero-order valence-electron chi connectivity index (χ0n) is 11.4. The van der Waals surface area contributed by atoms with Gasteiger partial charge in [0.25, 0.3) is 0 Å². The highest BCUT2D eigenvalue weighted by Crippen LogP contribution is 2.16. The molecule has 110 valence electrons. The van der Waals surface area contributed by atoms with Crippen molar-refractivity contribution in [1.82, 2.24) is 5.32 Å². The summed E-state index contributed by atoms with van der Waals surface area (Å²) in [6.45, 7) is 0.492. The summed E-state index contributed by atoms with van der Waals surface area (Å²) in [5.74, 6) is 0.859. The molecular formula is C14H18ClNO3S. The molecule has 0 saturated heterocycles. The van der Waals surface area contributed by atoms with E-state index in [0.29, 0.717) is 30.2 Å². The molecule has 1 rings (SSSR count). The average molecular weight is 316 g/mol. The van der Waals surface area contributed by atoms with Crippen LogP contribution in [0.25, 0.3) is 0 Å². The van der Waals surface area contributed by atoms with E-state index in [2.05, 4.69) is 10.1 Å². The van der Waals surface area contributed by atoms with E-state index in [4.69, 9.17) is 11.6 Å². The third-order valence-electron chi connectivity index (χ3n) is 2.50. The summed E-state index contributed by atoms with van der Waals surface area (Å²) in [6, 6.07) is 7.59. The SMILES string of the molecule is COC(=O)CCCNC(=O)CSCc1cccc(Cl)c1. The standard InChI is InChI=1S/C14H18ClNO3S/c1-19-14(18)6-3-7-16-13(17)10-20-9-11-4-2-5-12(15)8-11/h2,4-5,8H,3,6-7,9-10H2,1H3,(H,16,17). The van der Waals surface area contributed by atoms with E-state index in [-0.39, 0.29) is 11.9 Å². The van der Waals surface area contributed by atoms with Gasteiger partial charge >= 0.3 is 5.97 Å². The first-order chi connectivity index (χ1) is 9.61. The molecule has 0 atom stereocenters. The van der Waals surface area contributed by atoms with Crippen LogP contribution in [0.5, 0.6) is 0 Å². The summed E-state index contributed by atoms with van der Waals surface area (Å²) < 4.78 is 4.51. The highest BCUT2D eigenvalue weighted by molar-refractivity contribution is 7.99. The second kappa shape index (κ2) is 9.66. The minimum absolute atomic E-state index is 0.0260. The van der Waals surface area contributed by atoms with Crippen LogP contribution >= 0.6 is 23.4 Å². The Morgan fingerprint density at radius 3 is 2.90 bits per heavy atom. The number of amides is 1. The lowest BCUT2D eigenvalue weighted by Gasteiger charge is -2.05. The molecule has 6 heteroatoms. The molecule has 0 spiro atoms. The van der Waals surface area contributed by atoms with Gasteiger partial charge in [0.1, 0.15) is 0 Å². The van der Waals surface area contributed by atoms with Crippen LogP contribution in [0, 0.1) is 0 Å². The van der Waals surface area contributed by atoms with Crippen molar-refractivity contribution >= 4 is 35.2 Å². The van der Waals surface area contributed by atoms with Gasteiger partial charge in [-0.2, -0.15) is 0 Å². The normalized spacial score (nSPS) is 10.1. The maximum Gasteiger partial charge on any atom is 0.305 e. The van der Waals surface area contributed by atoms with Crippen molar-refractivity contribution in [2.75, 3.05) is 19.4 Å². The van der Waals surface area contributed by atoms with Gasteiger partial charge in [-0.1, -0.05) is 23.7 Å². The van der Waals surface area contributed by atoms with Crippen LogP contribution in [0.3, 0.4) is 0 Å². The fourth-order valence-corrected chi connectivity index (χ4v) is 2.52. The van der Waals surface area contributed by atoms with Crippen LogP contribution in [-0.2, 0) is 20.1 Å². The molecule has 1 aromatic carbocycles. The van der Waals surface area contributed by atoms with Gasteiger partial charge in [0.15, 0.2) is 0 Å². The number of hydrogen-bond donors (Lipinski definition) is 1. The molecule has 0 aliphatic rings. The van der Waals surface area contributed by atoms with Crippen LogP contribution in [0.1, 0.15) is 18.4 Å². The molecule has 0 aromatic heterocycles. The second-order valence-corrected chi connectivity index (χ2v) is 5.57. The number of methoxy groups -OCH3 is 1. The predicted octanol–water partition coefficient (Wildman–Crippen LogP) is 2.64. The summed E-state index contributed by atoms with van der Waals surface area (Å²) in [5, 5.41) is 3.47. The molecular weight excluding hydrogens is 298 g/mol. The van der Waals surface area contributed by atoms with Crippen molar-refractivity contribution in [2.24, 2.45) is 0 Å². The van der Waals surface area contributed by atoms with Crippen LogP contribution in [0.15, 0.2) is 24.3 Å². The first-order valence-electron chi connectivity index (χ1n) is 6.27. The van der Waals surface area contributed by atoms with E-state index >= 15 is 0 Å². The Labute approximate surface area is 128 Å². The summed E-state index contributed by atoms with van der Waals surface area (Å²) in [5.41, 5.74) is 1.10. The molecule has 0 fully saturated rings. The lowest BCUT2D eigenvalue weighted by Crippen LogP contribution is -2.26. The van der Waals surface area contributed by atoms with Gasteiger partial charge < -0.3 is 10.1 Å². The number of benzene rings is 1. The van der Waals surface area contributed by atoms with E-state index in [0.717, 1.165) is 11.3 Å². The lowest BCUT2D eigenvalue weighted by molar-refractivity contribution is -0.140. The molecule has 20 heavy (non-hydrogen) atoms. The van der Waals surface area contributed by atoms with Crippen molar-refractivity contribution in [3.05, 3.63) is 34.9 Å². The van der Waals surface area contributed by atoms with Crippen LogP contribution in [0.2, 0.25) is 5.02 Å². The monoisotopic (exact) mass is 315 g/mol. The largest absolute Gasteiger partial charge is 0.469 e. The molecule has 0 heterocycles. The summed E-state index contributed by atoms with van der Waals surface area (Å²) >= 11 is 7.41. The number of ether oxygens (including phenoxy) is 1. The molecule has 0 bridgehead atoms. The highest BCUT2D eigenvalue weighted by atomic mass is 35.5. The van der Waals surface area contributed by atoms with E-state index < -0.39 is 0 Å². The Bertz CT molecular complexity index is 454. The fraction of sp³-hybridized carbons (Fsp3) is 0.429. The van der Waals surface area contributed by atoms with Crippen LogP contribution in [-0.4, -0.2) is 31.3 Å². The van der Waals surface area contributed by atoms with Gasteiger partial charge in [-0.05, 0) is 24.1 Å². The average Bonchev–Trinajstić information content (AvgIpc) is 2.43. The van der Waals surface area contributed by atoms with Crippen LogP contribution in [0.4, 0.5) is 0 Å². The van der Waals surface area contributed by atoms with Crippen molar-refractivity contribution in [2.45, 2.75) is 18.6 Å². The zero-order valence-corrected chi connectivity index (χ0v) is 12.9. The number of nitrogens with one attached hydrogen (secondary N) is 1. The Morgan fingerprint density at radius 1 is 1.40 bits per heavy atom. The molecule has 1 amide bonds. The van der Waals surface area contributed by atoms with Gasteiger partial charge in [0.05, 0.1) is 12.9 Å². The molecule has 4 nitrogen and oxygen atoms in total. The number of hydrogen-bond acceptors (Lipinski definition) is 4. The van der Waals surface area contributed by atoms with E-state index in [1.54, 1.807) is 0 Å². The number of rotatable bonds is 8. The second-order valence-electron chi connectivity index (χ2n) is 4.15. The maximum absolute atomic E-state index is 11.5. The molecule has 0 radical (unpaired) electrons. The third-order valence-corrected chi connectivity index (χ3v) is 3.74. The Kier molecular flexibility index (Phi) is 8.14. The Morgan fingerprint density at radius 2 is 2.20 bits per heavy atom. The topological polar surface area (TPSA) is 55.4 Å². The third kappa shape index (κ3) is 7.40. The van der Waals surface area contributed by atoms with Gasteiger partial charge in [0, 0.05) is 23.7 Å². The van der Waals surface area contributed by atoms with Gasteiger partial charge in [-0.3, -0.25) is 9.59 Å². The first kappa shape index (κ1) is 16.9. The van der Waals surface area contributed by atoms with Crippen LogP contribution < -0.4 is 5.32 Å². The minimum Gasteiger partial charge on any atom is -0.469 e.